The van der Waals surface area contributed by atoms with Gasteiger partial charge in [0.05, 0.1) is 11.5 Å². The average molecular weight is 298 g/mol. The third kappa shape index (κ3) is 3.94. The number of nitrogens with zero attached hydrogens (tertiary/aromatic N) is 1. The van der Waals surface area contributed by atoms with E-state index in [9.17, 15) is 20.0 Å². The fraction of sp³-hybridized carbons (Fsp3) is 0.462. The second kappa shape index (κ2) is 7.25. The Balaban J connectivity index is 2.92. The number of aryl methyl sites for hydroxylation is 1. The number of thioether (sulfide) groups is 1. The van der Waals surface area contributed by atoms with Crippen LogP contribution in [0, 0.1) is 17.0 Å². The quantitative estimate of drug-likeness (QED) is 0.616. The number of nitro benzene ring substituents is 1. The average Bonchev–Trinajstić information content (AvgIpc) is 2.40. The topological polar surface area (TPSA) is 92.5 Å². The second-order valence-electron chi connectivity index (χ2n) is 4.48. The number of nitro groups is 1. The molecule has 1 rings (SSSR count). The molecular weight excluding hydrogens is 280 g/mol. The Morgan fingerprint density at radius 3 is 2.70 bits per heavy atom. The van der Waals surface area contributed by atoms with Crippen LogP contribution in [0.25, 0.3) is 0 Å². The lowest BCUT2D eigenvalue weighted by Gasteiger charge is -2.21. The molecule has 0 fully saturated rings. The second-order valence-corrected chi connectivity index (χ2v) is 5.55. The van der Waals surface area contributed by atoms with Crippen LogP contribution < -0.4 is 5.32 Å². The summed E-state index contributed by atoms with van der Waals surface area (Å²) in [5.74, 6) is -0.369. The van der Waals surface area contributed by atoms with Crippen LogP contribution in [-0.4, -0.2) is 40.1 Å². The molecule has 0 spiro atoms. The van der Waals surface area contributed by atoms with Crippen molar-refractivity contribution in [3.63, 3.8) is 0 Å². The van der Waals surface area contributed by atoms with Gasteiger partial charge in [-0.25, -0.2) is 0 Å². The van der Waals surface area contributed by atoms with E-state index in [4.69, 9.17) is 0 Å². The minimum Gasteiger partial charge on any atom is -0.395 e. The number of hydrogen-bond acceptors (Lipinski definition) is 5. The Labute approximate surface area is 121 Å². The number of carbonyl (C=O) groups excluding carboxylic acids is 1. The molecule has 1 amide bonds. The lowest BCUT2D eigenvalue weighted by molar-refractivity contribution is -0.384. The van der Waals surface area contributed by atoms with Crippen LogP contribution in [-0.2, 0) is 0 Å². The monoisotopic (exact) mass is 298 g/mol. The first kappa shape index (κ1) is 16.5. The Morgan fingerprint density at radius 1 is 1.55 bits per heavy atom. The molecule has 0 aliphatic carbocycles. The number of aliphatic hydroxyl groups is 1. The zero-order valence-electron chi connectivity index (χ0n) is 11.6. The van der Waals surface area contributed by atoms with Crippen LogP contribution in [0.2, 0.25) is 0 Å². The van der Waals surface area contributed by atoms with Gasteiger partial charge in [-0.2, -0.15) is 11.8 Å². The van der Waals surface area contributed by atoms with Crippen molar-refractivity contribution in [2.75, 3.05) is 12.9 Å². The van der Waals surface area contributed by atoms with Gasteiger partial charge in [0, 0.05) is 29.0 Å². The fourth-order valence-corrected chi connectivity index (χ4v) is 2.41. The van der Waals surface area contributed by atoms with E-state index in [2.05, 4.69) is 5.32 Å². The lowest BCUT2D eigenvalue weighted by atomic mass is 10.1. The van der Waals surface area contributed by atoms with Crippen LogP contribution in [0.3, 0.4) is 0 Å². The summed E-state index contributed by atoms with van der Waals surface area (Å²) in [4.78, 5) is 22.4. The molecular formula is C13H18N2O4S. The van der Waals surface area contributed by atoms with Gasteiger partial charge in [-0.15, -0.1) is 0 Å². The number of non-ortho nitro benzene ring substituents is 1. The van der Waals surface area contributed by atoms with Crippen molar-refractivity contribution in [3.8, 4) is 0 Å². The van der Waals surface area contributed by atoms with E-state index in [0.29, 0.717) is 5.56 Å². The van der Waals surface area contributed by atoms with Crippen LogP contribution >= 0.6 is 11.8 Å². The summed E-state index contributed by atoms with van der Waals surface area (Å²) in [5, 5.41) is 22.6. The van der Waals surface area contributed by atoms with Crippen molar-refractivity contribution in [2.45, 2.75) is 25.1 Å². The number of benzene rings is 1. The van der Waals surface area contributed by atoms with Gasteiger partial charge in [0.2, 0.25) is 0 Å². The standard InChI is InChI=1S/C13H18N2O4S/c1-8-4-5-10(15(18)19)6-11(8)13(17)14-9(2)12(7-16)20-3/h4-6,9,12,16H,7H2,1-3H3,(H,14,17). The van der Waals surface area contributed by atoms with Crippen LogP contribution in [0.5, 0.6) is 0 Å². The molecule has 2 unspecified atom stereocenters. The Morgan fingerprint density at radius 2 is 2.20 bits per heavy atom. The smallest absolute Gasteiger partial charge is 0.270 e. The van der Waals surface area contributed by atoms with Crippen LogP contribution in [0.15, 0.2) is 18.2 Å². The van der Waals surface area contributed by atoms with E-state index in [1.54, 1.807) is 19.9 Å². The normalized spacial score (nSPS) is 13.6. The number of carbonyl (C=O) groups is 1. The maximum Gasteiger partial charge on any atom is 0.270 e. The minimum absolute atomic E-state index is 0.0451. The maximum absolute atomic E-state index is 12.2. The molecule has 110 valence electrons. The van der Waals surface area contributed by atoms with Crippen LogP contribution in [0.4, 0.5) is 5.69 Å². The molecule has 0 saturated carbocycles. The molecule has 0 bridgehead atoms. The van der Waals surface area contributed by atoms with Gasteiger partial charge in [-0.1, -0.05) is 6.07 Å². The maximum atomic E-state index is 12.2. The van der Waals surface area contributed by atoms with Gasteiger partial charge in [-0.3, -0.25) is 14.9 Å². The summed E-state index contributed by atoms with van der Waals surface area (Å²) in [7, 11) is 0. The lowest BCUT2D eigenvalue weighted by Crippen LogP contribution is -2.41. The van der Waals surface area contributed by atoms with Gasteiger partial charge < -0.3 is 10.4 Å². The molecule has 0 heterocycles. The number of rotatable bonds is 6. The van der Waals surface area contributed by atoms with Crippen molar-refractivity contribution in [1.82, 2.24) is 5.32 Å². The molecule has 6 nitrogen and oxygen atoms in total. The molecule has 0 aromatic heterocycles. The van der Waals surface area contributed by atoms with Crippen molar-refractivity contribution >= 4 is 23.4 Å². The van der Waals surface area contributed by atoms with Gasteiger partial charge >= 0.3 is 0 Å². The van der Waals surface area contributed by atoms with Crippen molar-refractivity contribution in [2.24, 2.45) is 0 Å². The minimum atomic E-state index is -0.530. The summed E-state index contributed by atoms with van der Waals surface area (Å²) in [6, 6.07) is 3.95. The highest BCUT2D eigenvalue weighted by molar-refractivity contribution is 7.99. The van der Waals surface area contributed by atoms with Crippen molar-refractivity contribution < 1.29 is 14.8 Å². The summed E-state index contributed by atoms with van der Waals surface area (Å²) in [6.45, 7) is 3.47. The van der Waals surface area contributed by atoms with E-state index >= 15 is 0 Å². The molecule has 0 radical (unpaired) electrons. The number of hydrogen-bond donors (Lipinski definition) is 2. The first-order chi connectivity index (χ1) is 9.40. The Kier molecular flexibility index (Phi) is 5.97. The molecule has 1 aromatic carbocycles. The molecule has 20 heavy (non-hydrogen) atoms. The Bertz CT molecular complexity index is 503. The van der Waals surface area contributed by atoms with E-state index < -0.39 is 4.92 Å². The number of aliphatic hydroxyl groups excluding tert-OH is 1. The summed E-state index contributed by atoms with van der Waals surface area (Å²) in [6.07, 6.45) is 1.85. The van der Waals surface area contributed by atoms with Crippen LogP contribution in [0.1, 0.15) is 22.8 Å². The van der Waals surface area contributed by atoms with E-state index in [1.165, 1.54) is 23.9 Å². The number of nitrogens with one attached hydrogen (secondary N) is 1. The first-order valence-corrected chi connectivity index (χ1v) is 7.39. The van der Waals surface area contributed by atoms with E-state index in [0.717, 1.165) is 0 Å². The third-order valence-electron chi connectivity index (χ3n) is 3.08. The molecule has 2 atom stereocenters. The number of amides is 1. The molecule has 1 aromatic rings. The fourth-order valence-electron chi connectivity index (χ4n) is 1.78. The molecule has 0 saturated heterocycles. The highest BCUT2D eigenvalue weighted by Crippen LogP contribution is 2.18. The summed E-state index contributed by atoms with van der Waals surface area (Å²) in [5.41, 5.74) is 0.839. The highest BCUT2D eigenvalue weighted by atomic mass is 32.2. The van der Waals surface area contributed by atoms with Gasteiger partial charge in [0.1, 0.15) is 0 Å². The van der Waals surface area contributed by atoms with E-state index in [-0.39, 0.29) is 35.1 Å². The van der Waals surface area contributed by atoms with Crippen molar-refractivity contribution in [3.05, 3.63) is 39.4 Å². The molecule has 7 heteroatoms. The summed E-state index contributed by atoms with van der Waals surface area (Å²) >= 11 is 1.45. The summed E-state index contributed by atoms with van der Waals surface area (Å²) < 4.78 is 0. The van der Waals surface area contributed by atoms with Gasteiger partial charge in [-0.05, 0) is 25.7 Å². The zero-order valence-corrected chi connectivity index (χ0v) is 12.4. The first-order valence-electron chi connectivity index (χ1n) is 6.10. The molecule has 2 N–H and O–H groups in total. The third-order valence-corrected chi connectivity index (χ3v) is 4.24. The Hall–Kier alpha value is -1.60. The highest BCUT2D eigenvalue weighted by Gasteiger charge is 2.20. The SMILES string of the molecule is CSC(CO)C(C)NC(=O)c1cc([N+](=O)[O-])ccc1C. The zero-order chi connectivity index (χ0) is 15.3. The molecule has 0 aliphatic heterocycles. The molecule has 0 aliphatic rings. The van der Waals surface area contributed by atoms with Gasteiger partial charge in [0.25, 0.3) is 11.6 Å². The van der Waals surface area contributed by atoms with E-state index in [1.807, 2.05) is 6.26 Å². The predicted molar refractivity (Wildman–Crippen MR) is 79.2 cm³/mol. The predicted octanol–water partition coefficient (Wildman–Crippen LogP) is 1.75. The van der Waals surface area contributed by atoms with Gasteiger partial charge in [0.15, 0.2) is 0 Å². The largest absolute Gasteiger partial charge is 0.395 e. The van der Waals surface area contributed by atoms with Crippen molar-refractivity contribution in [1.29, 1.82) is 0 Å².